The van der Waals surface area contributed by atoms with Gasteiger partial charge in [0.15, 0.2) is 0 Å². The number of carbonyl (C=O) groups is 1. The highest BCUT2D eigenvalue weighted by Crippen LogP contribution is 2.15. The molecule has 0 aliphatic carbocycles. The maximum atomic E-state index is 11.9. The van der Waals surface area contributed by atoms with Gasteiger partial charge in [0, 0.05) is 26.9 Å². The number of hydrogen-bond acceptors (Lipinski definition) is 2. The van der Waals surface area contributed by atoms with E-state index in [1.165, 1.54) is 0 Å². The fraction of sp³-hybridized carbons (Fsp3) is 0.462. The van der Waals surface area contributed by atoms with E-state index in [0.29, 0.717) is 17.7 Å². The fourth-order valence-corrected chi connectivity index (χ4v) is 2.51. The van der Waals surface area contributed by atoms with Crippen molar-refractivity contribution in [3.05, 3.63) is 35.4 Å². The topological polar surface area (TPSA) is 60.2 Å². The van der Waals surface area contributed by atoms with Crippen LogP contribution in [0.2, 0.25) is 0 Å². The first-order chi connectivity index (χ1) is 7.82. The van der Waals surface area contributed by atoms with E-state index in [2.05, 4.69) is 0 Å². The van der Waals surface area contributed by atoms with E-state index in [0.717, 1.165) is 5.56 Å². The predicted octanol–water partition coefficient (Wildman–Crippen LogP) is 1.88. The van der Waals surface area contributed by atoms with E-state index in [4.69, 9.17) is 5.73 Å². The lowest BCUT2D eigenvalue weighted by atomic mass is 10.1. The number of rotatable bonds is 4. The van der Waals surface area contributed by atoms with Crippen molar-refractivity contribution in [2.45, 2.75) is 31.9 Å². The summed E-state index contributed by atoms with van der Waals surface area (Å²) in [6, 6.07) is 7.21. The van der Waals surface area contributed by atoms with Gasteiger partial charge in [0.2, 0.25) is 5.91 Å². The van der Waals surface area contributed by atoms with E-state index in [1.54, 1.807) is 12.1 Å². The second-order valence-corrected chi connectivity index (χ2v) is 7.26. The molecule has 0 bridgehead atoms. The van der Waals surface area contributed by atoms with Gasteiger partial charge in [0.25, 0.3) is 0 Å². The Morgan fingerprint density at radius 2 is 1.88 bits per heavy atom. The highest BCUT2D eigenvalue weighted by Gasteiger charge is 2.19. The molecule has 1 unspecified atom stereocenters. The molecule has 0 radical (unpaired) electrons. The predicted molar refractivity (Wildman–Crippen MR) is 71.4 cm³/mol. The number of aryl methyl sites for hydroxylation is 1. The van der Waals surface area contributed by atoms with Gasteiger partial charge in [-0.25, -0.2) is 0 Å². The van der Waals surface area contributed by atoms with Crippen molar-refractivity contribution in [3.8, 4) is 0 Å². The molecule has 1 rings (SSSR count). The Morgan fingerprint density at radius 3 is 2.41 bits per heavy atom. The maximum Gasteiger partial charge on any atom is 0.248 e. The number of benzene rings is 1. The first-order valence-corrected chi connectivity index (χ1v) is 6.90. The third kappa shape index (κ3) is 3.97. The van der Waals surface area contributed by atoms with Crippen molar-refractivity contribution < 1.29 is 9.00 Å². The SMILES string of the molecule is CC(C)(C)S(=O)CCc1ccccc1C(N)=O. The molecule has 4 heteroatoms. The maximum absolute atomic E-state index is 11.9. The lowest BCUT2D eigenvalue weighted by Gasteiger charge is -2.17. The first kappa shape index (κ1) is 13.9. The minimum atomic E-state index is -0.911. The van der Waals surface area contributed by atoms with Crippen molar-refractivity contribution in [2.75, 3.05) is 5.75 Å². The highest BCUT2D eigenvalue weighted by atomic mass is 32.2. The van der Waals surface area contributed by atoms with E-state index >= 15 is 0 Å². The first-order valence-electron chi connectivity index (χ1n) is 5.58. The quantitative estimate of drug-likeness (QED) is 0.890. The summed E-state index contributed by atoms with van der Waals surface area (Å²) < 4.78 is 11.7. The smallest absolute Gasteiger partial charge is 0.248 e. The molecule has 3 nitrogen and oxygen atoms in total. The zero-order chi connectivity index (χ0) is 13.1. The molecule has 2 N–H and O–H groups in total. The molecule has 0 aromatic heterocycles. The van der Waals surface area contributed by atoms with Crippen molar-refractivity contribution in [2.24, 2.45) is 5.73 Å². The van der Waals surface area contributed by atoms with Gasteiger partial charge in [-0.05, 0) is 38.8 Å². The van der Waals surface area contributed by atoms with Gasteiger partial charge in [-0.2, -0.15) is 0 Å². The summed E-state index contributed by atoms with van der Waals surface area (Å²) in [6.07, 6.45) is 0.614. The zero-order valence-corrected chi connectivity index (χ0v) is 11.3. The molecular formula is C13H19NO2S. The molecular weight excluding hydrogens is 234 g/mol. The molecule has 0 aliphatic rings. The standard InChI is InChI=1S/C13H19NO2S/c1-13(2,3)17(16)9-8-10-6-4-5-7-11(10)12(14)15/h4-7H,8-9H2,1-3H3,(H2,14,15). The van der Waals surface area contributed by atoms with Crippen molar-refractivity contribution in [3.63, 3.8) is 0 Å². The molecule has 1 atom stereocenters. The zero-order valence-electron chi connectivity index (χ0n) is 10.5. The molecule has 1 aromatic rings. The van der Waals surface area contributed by atoms with Crippen molar-refractivity contribution in [1.29, 1.82) is 0 Å². The monoisotopic (exact) mass is 253 g/mol. The van der Waals surface area contributed by atoms with E-state index < -0.39 is 16.7 Å². The lowest BCUT2D eigenvalue weighted by Crippen LogP contribution is -2.25. The third-order valence-electron chi connectivity index (χ3n) is 2.52. The van der Waals surface area contributed by atoms with Crippen LogP contribution in [-0.2, 0) is 17.2 Å². The van der Waals surface area contributed by atoms with Gasteiger partial charge in [0.1, 0.15) is 0 Å². The van der Waals surface area contributed by atoms with Crippen LogP contribution in [0.25, 0.3) is 0 Å². The van der Waals surface area contributed by atoms with Crippen LogP contribution in [0.3, 0.4) is 0 Å². The van der Waals surface area contributed by atoms with Gasteiger partial charge in [-0.3, -0.25) is 9.00 Å². The van der Waals surface area contributed by atoms with Crippen LogP contribution < -0.4 is 5.73 Å². The minimum Gasteiger partial charge on any atom is -0.366 e. The van der Waals surface area contributed by atoms with Crippen LogP contribution in [0.4, 0.5) is 0 Å². The van der Waals surface area contributed by atoms with Gasteiger partial charge < -0.3 is 5.73 Å². The molecule has 0 saturated heterocycles. The van der Waals surface area contributed by atoms with Crippen LogP contribution in [-0.4, -0.2) is 20.6 Å². The number of nitrogens with two attached hydrogens (primary N) is 1. The number of hydrogen-bond donors (Lipinski definition) is 1. The summed E-state index contributed by atoms with van der Waals surface area (Å²) in [5, 5.41) is 0. The Kier molecular flexibility index (Phi) is 4.46. The Labute approximate surface area is 105 Å². The average molecular weight is 253 g/mol. The summed E-state index contributed by atoms with van der Waals surface area (Å²) >= 11 is 0. The fourth-order valence-electron chi connectivity index (χ4n) is 1.49. The second-order valence-electron chi connectivity index (χ2n) is 4.93. The summed E-state index contributed by atoms with van der Waals surface area (Å²) in [6.45, 7) is 5.84. The number of amides is 1. The Balaban J connectivity index is 2.77. The molecule has 0 saturated carbocycles. The summed E-state index contributed by atoms with van der Waals surface area (Å²) in [5.74, 6) is 0.121. The van der Waals surface area contributed by atoms with Gasteiger partial charge in [0.05, 0.1) is 0 Å². The Morgan fingerprint density at radius 1 is 1.29 bits per heavy atom. The van der Waals surface area contributed by atoms with Gasteiger partial charge in [-0.1, -0.05) is 18.2 Å². The molecule has 94 valence electrons. The normalized spacial score (nSPS) is 13.4. The molecule has 17 heavy (non-hydrogen) atoms. The summed E-state index contributed by atoms with van der Waals surface area (Å²) in [7, 11) is -0.911. The van der Waals surface area contributed by atoms with E-state index in [-0.39, 0.29) is 4.75 Å². The average Bonchev–Trinajstić information content (AvgIpc) is 2.24. The van der Waals surface area contributed by atoms with Crippen LogP contribution >= 0.6 is 0 Å². The number of primary amides is 1. The van der Waals surface area contributed by atoms with Gasteiger partial charge in [-0.15, -0.1) is 0 Å². The van der Waals surface area contributed by atoms with Crippen LogP contribution in [0.1, 0.15) is 36.7 Å². The van der Waals surface area contributed by atoms with Crippen LogP contribution in [0.5, 0.6) is 0 Å². The largest absolute Gasteiger partial charge is 0.366 e. The van der Waals surface area contributed by atoms with Crippen molar-refractivity contribution in [1.82, 2.24) is 0 Å². The molecule has 0 spiro atoms. The van der Waals surface area contributed by atoms with Gasteiger partial charge >= 0.3 is 0 Å². The highest BCUT2D eigenvalue weighted by molar-refractivity contribution is 7.86. The molecule has 1 amide bonds. The number of carbonyl (C=O) groups excluding carboxylic acids is 1. The molecule has 0 fully saturated rings. The Bertz CT molecular complexity index is 435. The van der Waals surface area contributed by atoms with E-state index in [9.17, 15) is 9.00 Å². The lowest BCUT2D eigenvalue weighted by molar-refractivity contribution is 0.0999. The van der Waals surface area contributed by atoms with E-state index in [1.807, 2.05) is 32.9 Å². The second kappa shape index (κ2) is 5.45. The Hall–Kier alpha value is -1.16. The summed E-state index contributed by atoms with van der Waals surface area (Å²) in [5.41, 5.74) is 6.69. The third-order valence-corrected chi connectivity index (χ3v) is 4.46. The summed E-state index contributed by atoms with van der Waals surface area (Å²) in [4.78, 5) is 11.2. The van der Waals surface area contributed by atoms with Crippen molar-refractivity contribution >= 4 is 16.7 Å². The molecule has 0 aliphatic heterocycles. The molecule has 1 aromatic carbocycles. The minimum absolute atomic E-state index is 0.221. The van der Waals surface area contributed by atoms with Crippen LogP contribution in [0, 0.1) is 0 Å². The molecule has 0 heterocycles. The van der Waals surface area contributed by atoms with Crippen LogP contribution in [0.15, 0.2) is 24.3 Å².